The Morgan fingerprint density at radius 3 is 2.69 bits per heavy atom. The summed E-state index contributed by atoms with van der Waals surface area (Å²) in [5.74, 6) is 0. The third kappa shape index (κ3) is 5.01. The fourth-order valence-electron chi connectivity index (χ4n) is 1.59. The Kier molecular flexibility index (Phi) is 6.53. The van der Waals surface area contributed by atoms with E-state index in [9.17, 15) is 0 Å². The van der Waals surface area contributed by atoms with Crippen molar-refractivity contribution in [3.05, 3.63) is 29.8 Å². The molecule has 1 N–H and O–H groups in total. The third-order valence-electron chi connectivity index (χ3n) is 2.47. The summed E-state index contributed by atoms with van der Waals surface area (Å²) in [6, 6.07) is 8.59. The van der Waals surface area contributed by atoms with Gasteiger partial charge in [-0.2, -0.15) is 0 Å². The van der Waals surface area contributed by atoms with Crippen molar-refractivity contribution in [3.8, 4) is 0 Å². The van der Waals surface area contributed by atoms with E-state index in [-0.39, 0.29) is 0 Å². The Morgan fingerprint density at radius 2 is 2.00 bits per heavy atom. The Bertz CT molecular complexity index is 300. The minimum Gasteiger partial charge on any atom is -0.313 e. The molecule has 0 saturated heterocycles. The second kappa shape index (κ2) is 7.71. The zero-order valence-electron chi connectivity index (χ0n) is 10.5. The van der Waals surface area contributed by atoms with Gasteiger partial charge in [-0.15, -0.1) is 11.8 Å². The van der Waals surface area contributed by atoms with Crippen LogP contribution < -0.4 is 5.32 Å². The second-order valence-electron chi connectivity index (χ2n) is 4.15. The van der Waals surface area contributed by atoms with Gasteiger partial charge in [-0.3, -0.25) is 0 Å². The summed E-state index contributed by atoms with van der Waals surface area (Å²) in [7, 11) is 4.23. The topological polar surface area (TPSA) is 15.3 Å². The van der Waals surface area contributed by atoms with Crippen molar-refractivity contribution in [1.82, 2.24) is 10.2 Å². The molecule has 0 spiro atoms. The summed E-state index contributed by atoms with van der Waals surface area (Å²) in [5.41, 5.74) is 1.40. The summed E-state index contributed by atoms with van der Waals surface area (Å²) < 4.78 is 0. The highest BCUT2D eigenvalue weighted by molar-refractivity contribution is 7.98. The molecule has 0 bridgehead atoms. The molecule has 0 amide bonds. The van der Waals surface area contributed by atoms with Gasteiger partial charge < -0.3 is 10.2 Å². The van der Waals surface area contributed by atoms with Crippen LogP contribution >= 0.6 is 11.8 Å². The molecular weight excluding hydrogens is 216 g/mol. The first-order valence-electron chi connectivity index (χ1n) is 5.71. The summed E-state index contributed by atoms with van der Waals surface area (Å²) in [6.45, 7) is 3.21. The number of thioether (sulfide) groups is 1. The molecule has 90 valence electrons. The molecule has 0 aliphatic heterocycles. The largest absolute Gasteiger partial charge is 0.313 e. The number of hydrogen-bond donors (Lipinski definition) is 1. The number of hydrogen-bond acceptors (Lipinski definition) is 3. The second-order valence-corrected chi connectivity index (χ2v) is 4.99. The van der Waals surface area contributed by atoms with E-state index in [1.807, 2.05) is 11.8 Å². The molecule has 0 aromatic heterocycles. The normalized spacial score (nSPS) is 11.0. The predicted molar refractivity (Wildman–Crippen MR) is 73.1 cm³/mol. The van der Waals surface area contributed by atoms with Gasteiger partial charge in [-0.25, -0.2) is 0 Å². The van der Waals surface area contributed by atoms with Gasteiger partial charge in [0.15, 0.2) is 0 Å². The Labute approximate surface area is 103 Å². The first-order chi connectivity index (χ1) is 7.74. The predicted octanol–water partition coefficient (Wildman–Crippen LogP) is 2.45. The van der Waals surface area contributed by atoms with E-state index in [1.165, 1.54) is 16.9 Å². The van der Waals surface area contributed by atoms with Crippen LogP contribution in [0, 0.1) is 0 Å². The Balaban J connectivity index is 2.26. The van der Waals surface area contributed by atoms with Crippen molar-refractivity contribution < 1.29 is 0 Å². The van der Waals surface area contributed by atoms with Crippen molar-refractivity contribution >= 4 is 11.8 Å². The maximum absolute atomic E-state index is 3.49. The lowest BCUT2D eigenvalue weighted by Crippen LogP contribution is -2.21. The third-order valence-corrected chi connectivity index (χ3v) is 3.30. The van der Waals surface area contributed by atoms with E-state index >= 15 is 0 Å². The minimum atomic E-state index is 0.977. The van der Waals surface area contributed by atoms with Crippen LogP contribution in [0.15, 0.2) is 29.2 Å². The van der Waals surface area contributed by atoms with Gasteiger partial charge in [0.2, 0.25) is 0 Å². The zero-order valence-corrected chi connectivity index (χ0v) is 11.3. The smallest absolute Gasteiger partial charge is 0.0216 e. The molecule has 0 unspecified atom stereocenters. The molecule has 1 aromatic rings. The standard InChI is InChI=1S/C13H22N2S/c1-15(2)10-6-9-14-11-12-7-4-5-8-13(12)16-3/h4-5,7-8,14H,6,9-11H2,1-3H3. The molecule has 0 aliphatic rings. The molecule has 3 heteroatoms. The van der Waals surface area contributed by atoms with E-state index in [2.05, 4.69) is 54.8 Å². The summed E-state index contributed by atoms with van der Waals surface area (Å²) in [6.07, 6.45) is 3.33. The summed E-state index contributed by atoms with van der Waals surface area (Å²) in [4.78, 5) is 3.60. The van der Waals surface area contributed by atoms with Crippen molar-refractivity contribution in [2.24, 2.45) is 0 Å². The van der Waals surface area contributed by atoms with E-state index in [4.69, 9.17) is 0 Å². The number of nitrogens with one attached hydrogen (secondary N) is 1. The highest BCUT2D eigenvalue weighted by Gasteiger charge is 1.99. The number of nitrogens with zero attached hydrogens (tertiary/aromatic N) is 1. The van der Waals surface area contributed by atoms with Crippen LogP contribution in [0.1, 0.15) is 12.0 Å². The van der Waals surface area contributed by atoms with Gasteiger partial charge in [0.05, 0.1) is 0 Å². The highest BCUT2D eigenvalue weighted by atomic mass is 32.2. The van der Waals surface area contributed by atoms with E-state index in [1.54, 1.807) is 0 Å². The monoisotopic (exact) mass is 238 g/mol. The van der Waals surface area contributed by atoms with Crippen LogP contribution in [0.25, 0.3) is 0 Å². The molecule has 0 fully saturated rings. The van der Waals surface area contributed by atoms with Gasteiger partial charge in [0.25, 0.3) is 0 Å². The molecule has 0 atom stereocenters. The van der Waals surface area contributed by atoms with Gasteiger partial charge in [0, 0.05) is 11.4 Å². The average Bonchev–Trinajstić information content (AvgIpc) is 2.29. The molecule has 1 aromatic carbocycles. The van der Waals surface area contributed by atoms with Crippen molar-refractivity contribution in [2.45, 2.75) is 17.9 Å². The molecule has 16 heavy (non-hydrogen) atoms. The van der Waals surface area contributed by atoms with Gasteiger partial charge >= 0.3 is 0 Å². The minimum absolute atomic E-state index is 0.977. The van der Waals surface area contributed by atoms with E-state index < -0.39 is 0 Å². The molecule has 0 saturated carbocycles. The number of rotatable bonds is 7. The van der Waals surface area contributed by atoms with Crippen molar-refractivity contribution in [1.29, 1.82) is 0 Å². The maximum Gasteiger partial charge on any atom is 0.0216 e. The average molecular weight is 238 g/mol. The van der Waals surface area contributed by atoms with Crippen LogP contribution in [0.3, 0.4) is 0 Å². The molecule has 0 heterocycles. The lowest BCUT2D eigenvalue weighted by atomic mass is 10.2. The molecule has 2 nitrogen and oxygen atoms in total. The molecule has 0 aliphatic carbocycles. The van der Waals surface area contributed by atoms with Crippen LogP contribution in [0.5, 0.6) is 0 Å². The molecule has 0 radical (unpaired) electrons. The van der Waals surface area contributed by atoms with Gasteiger partial charge in [0.1, 0.15) is 0 Å². The lowest BCUT2D eigenvalue weighted by Gasteiger charge is -2.11. The van der Waals surface area contributed by atoms with Crippen LogP contribution in [0.2, 0.25) is 0 Å². The zero-order chi connectivity index (χ0) is 11.8. The van der Waals surface area contributed by atoms with Crippen LogP contribution in [-0.4, -0.2) is 38.3 Å². The summed E-state index contributed by atoms with van der Waals surface area (Å²) >= 11 is 1.82. The first-order valence-corrected chi connectivity index (χ1v) is 6.94. The highest BCUT2D eigenvalue weighted by Crippen LogP contribution is 2.19. The fourth-order valence-corrected chi connectivity index (χ4v) is 2.21. The van der Waals surface area contributed by atoms with E-state index in [0.29, 0.717) is 0 Å². The lowest BCUT2D eigenvalue weighted by molar-refractivity contribution is 0.394. The van der Waals surface area contributed by atoms with E-state index in [0.717, 1.165) is 19.6 Å². The fraction of sp³-hybridized carbons (Fsp3) is 0.538. The van der Waals surface area contributed by atoms with Crippen molar-refractivity contribution in [3.63, 3.8) is 0 Å². The van der Waals surface area contributed by atoms with Gasteiger partial charge in [-0.05, 0) is 51.5 Å². The van der Waals surface area contributed by atoms with Crippen LogP contribution in [0.4, 0.5) is 0 Å². The van der Waals surface area contributed by atoms with Gasteiger partial charge in [-0.1, -0.05) is 18.2 Å². The van der Waals surface area contributed by atoms with Crippen molar-refractivity contribution in [2.75, 3.05) is 33.4 Å². The first kappa shape index (κ1) is 13.6. The Hall–Kier alpha value is -0.510. The Morgan fingerprint density at radius 1 is 1.25 bits per heavy atom. The number of benzene rings is 1. The quantitative estimate of drug-likeness (QED) is 0.580. The SMILES string of the molecule is CSc1ccccc1CNCCCN(C)C. The van der Waals surface area contributed by atoms with Crippen LogP contribution in [-0.2, 0) is 6.54 Å². The maximum atomic E-state index is 3.49. The molecular formula is C13H22N2S. The summed E-state index contributed by atoms with van der Waals surface area (Å²) in [5, 5.41) is 3.49. The molecule has 1 rings (SSSR count).